The predicted molar refractivity (Wildman–Crippen MR) is 148 cm³/mol. The lowest BCUT2D eigenvalue weighted by Gasteiger charge is -2.43. The number of hydrogen-bond donors (Lipinski definition) is 2. The Bertz CT molecular complexity index is 1370. The van der Waals surface area contributed by atoms with Crippen LogP contribution in [0.1, 0.15) is 44.7 Å². The molecule has 0 saturated carbocycles. The molecule has 3 aromatic rings. The third kappa shape index (κ3) is 4.96. The van der Waals surface area contributed by atoms with Gasteiger partial charge >= 0.3 is 5.97 Å². The number of carbonyl (C=O) groups excluding carboxylic acids is 1. The summed E-state index contributed by atoms with van der Waals surface area (Å²) < 4.78 is 47.1. The van der Waals surface area contributed by atoms with E-state index in [4.69, 9.17) is 9.16 Å². The van der Waals surface area contributed by atoms with Gasteiger partial charge in [0.25, 0.3) is 18.4 Å². The molecule has 3 atom stereocenters. The first-order valence-corrected chi connectivity index (χ1v) is 15.8. The smallest absolute Gasteiger partial charge is 0.339 e. The summed E-state index contributed by atoms with van der Waals surface area (Å²) in [6.07, 6.45) is -0.999. The monoisotopic (exact) mass is 554 g/mol. The second kappa shape index (κ2) is 10.1. The van der Waals surface area contributed by atoms with Crippen molar-refractivity contribution in [1.29, 1.82) is 0 Å². The van der Waals surface area contributed by atoms with Crippen LogP contribution in [0.5, 0.6) is 0 Å². The van der Waals surface area contributed by atoms with E-state index in [9.17, 15) is 22.9 Å². The van der Waals surface area contributed by atoms with Gasteiger partial charge in [0.2, 0.25) is 0 Å². The van der Waals surface area contributed by atoms with E-state index in [-0.39, 0.29) is 22.1 Å². The van der Waals surface area contributed by atoms with E-state index in [1.54, 1.807) is 19.1 Å². The summed E-state index contributed by atoms with van der Waals surface area (Å²) in [4.78, 5) is 12.5. The number of esters is 1. The molecule has 1 aliphatic heterocycles. The Morgan fingerprint density at radius 3 is 1.97 bits per heavy atom. The fourth-order valence-corrected chi connectivity index (χ4v) is 10.9. The number of benzene rings is 3. The third-order valence-corrected chi connectivity index (χ3v) is 13.2. The minimum Gasteiger partial charge on any atom is -0.457 e. The van der Waals surface area contributed by atoms with E-state index >= 15 is 0 Å². The van der Waals surface area contributed by atoms with E-state index in [0.717, 1.165) is 10.4 Å². The summed E-state index contributed by atoms with van der Waals surface area (Å²) >= 11 is 0. The number of ether oxygens (including phenoxy) is 1. The Labute approximate surface area is 225 Å². The molecule has 0 radical (unpaired) electrons. The number of aryl methyl sites for hydroxylation is 1. The van der Waals surface area contributed by atoms with Gasteiger partial charge in [0.15, 0.2) is 5.60 Å². The molecule has 202 valence electrons. The predicted octanol–water partition coefficient (Wildman–Crippen LogP) is 3.58. The highest BCUT2D eigenvalue weighted by atomic mass is 32.2. The highest BCUT2D eigenvalue weighted by Gasteiger charge is 2.57. The maximum atomic E-state index is 12.9. The van der Waals surface area contributed by atoms with Crippen molar-refractivity contribution >= 4 is 34.8 Å². The van der Waals surface area contributed by atoms with E-state index in [2.05, 4.69) is 20.8 Å². The molecule has 0 unspecified atom stereocenters. The SMILES string of the molecule is Cc1ccc(S(=O)(=O)O)c([C@@H]2[C@H](CO[Si](c3ccccc3)(c3ccccc3)C(C)(C)C)OC(=O)[C@]2(C)O)c1. The van der Waals surface area contributed by atoms with Crippen molar-refractivity contribution in [2.24, 2.45) is 0 Å². The average molecular weight is 555 g/mol. The summed E-state index contributed by atoms with van der Waals surface area (Å²) in [6, 6.07) is 24.3. The Morgan fingerprint density at radius 1 is 0.974 bits per heavy atom. The van der Waals surface area contributed by atoms with Crippen molar-refractivity contribution in [3.05, 3.63) is 90.0 Å². The lowest BCUT2D eigenvalue weighted by atomic mass is 9.81. The number of carbonyl (C=O) groups is 1. The quantitative estimate of drug-likeness (QED) is 0.261. The molecule has 0 aromatic heterocycles. The van der Waals surface area contributed by atoms with Crippen LogP contribution in [0.4, 0.5) is 0 Å². The van der Waals surface area contributed by atoms with Crippen LogP contribution in [0.15, 0.2) is 83.8 Å². The minimum atomic E-state index is -4.64. The molecule has 1 fully saturated rings. The topological polar surface area (TPSA) is 110 Å². The van der Waals surface area contributed by atoms with E-state index in [1.165, 1.54) is 13.0 Å². The maximum Gasteiger partial charge on any atom is 0.339 e. The number of cyclic esters (lactones) is 1. The molecule has 1 saturated heterocycles. The molecule has 4 rings (SSSR count). The van der Waals surface area contributed by atoms with E-state index < -0.39 is 42.0 Å². The number of rotatable bonds is 7. The lowest BCUT2D eigenvalue weighted by Crippen LogP contribution is -2.67. The molecular weight excluding hydrogens is 520 g/mol. The molecule has 0 aliphatic carbocycles. The van der Waals surface area contributed by atoms with Gasteiger partial charge in [-0.2, -0.15) is 8.42 Å². The molecule has 38 heavy (non-hydrogen) atoms. The second-order valence-corrected chi connectivity index (χ2v) is 16.8. The summed E-state index contributed by atoms with van der Waals surface area (Å²) in [5, 5.41) is 13.0. The van der Waals surface area contributed by atoms with Gasteiger partial charge in [0, 0.05) is 0 Å². The summed E-state index contributed by atoms with van der Waals surface area (Å²) in [5.41, 5.74) is -1.22. The van der Waals surface area contributed by atoms with Crippen LogP contribution >= 0.6 is 0 Å². The van der Waals surface area contributed by atoms with Crippen LogP contribution < -0.4 is 10.4 Å². The van der Waals surface area contributed by atoms with Crippen molar-refractivity contribution < 1.29 is 32.0 Å². The Balaban J connectivity index is 1.85. The molecule has 9 heteroatoms. The van der Waals surface area contributed by atoms with E-state index in [0.29, 0.717) is 5.56 Å². The average Bonchev–Trinajstić information content (AvgIpc) is 3.06. The van der Waals surface area contributed by atoms with E-state index in [1.807, 2.05) is 60.7 Å². The van der Waals surface area contributed by atoms with Gasteiger partial charge in [-0.05, 0) is 40.9 Å². The fourth-order valence-electron chi connectivity index (χ4n) is 5.56. The number of aliphatic hydroxyl groups is 1. The molecule has 1 heterocycles. The van der Waals surface area contributed by atoms with Crippen LogP contribution in [0.3, 0.4) is 0 Å². The largest absolute Gasteiger partial charge is 0.457 e. The van der Waals surface area contributed by atoms with Crippen LogP contribution in [0.2, 0.25) is 5.04 Å². The van der Waals surface area contributed by atoms with Gasteiger partial charge in [-0.25, -0.2) is 4.79 Å². The Morgan fingerprint density at radius 2 is 1.50 bits per heavy atom. The minimum absolute atomic E-state index is 0.0846. The van der Waals surface area contributed by atoms with Gasteiger partial charge in [-0.15, -0.1) is 0 Å². The van der Waals surface area contributed by atoms with Crippen LogP contribution in [0, 0.1) is 6.92 Å². The van der Waals surface area contributed by atoms with Gasteiger partial charge in [0.05, 0.1) is 17.4 Å². The molecule has 1 aliphatic rings. The second-order valence-electron chi connectivity index (χ2n) is 11.1. The summed E-state index contributed by atoms with van der Waals surface area (Å²) in [5.74, 6) is -1.97. The van der Waals surface area contributed by atoms with Crippen LogP contribution in [-0.2, 0) is 24.1 Å². The van der Waals surface area contributed by atoms with Crippen molar-refractivity contribution in [2.75, 3.05) is 6.61 Å². The van der Waals surface area contributed by atoms with Gasteiger partial charge in [-0.3, -0.25) is 4.55 Å². The van der Waals surface area contributed by atoms with Crippen LogP contribution in [0.25, 0.3) is 0 Å². The van der Waals surface area contributed by atoms with Gasteiger partial charge < -0.3 is 14.3 Å². The van der Waals surface area contributed by atoms with Crippen LogP contribution in [-0.4, -0.2) is 50.7 Å². The van der Waals surface area contributed by atoms with Gasteiger partial charge in [0.1, 0.15) is 6.10 Å². The molecule has 2 N–H and O–H groups in total. The molecule has 0 bridgehead atoms. The van der Waals surface area contributed by atoms with Crippen molar-refractivity contribution in [2.45, 2.75) is 62.2 Å². The fraction of sp³-hybridized carbons (Fsp3) is 0.345. The third-order valence-electron chi connectivity index (χ3n) is 7.31. The van der Waals surface area contributed by atoms with Crippen molar-refractivity contribution in [1.82, 2.24) is 0 Å². The van der Waals surface area contributed by atoms with Crippen molar-refractivity contribution in [3.8, 4) is 0 Å². The zero-order chi connectivity index (χ0) is 27.9. The molecule has 7 nitrogen and oxygen atoms in total. The van der Waals surface area contributed by atoms with Gasteiger partial charge in [-0.1, -0.05) is 99.1 Å². The first-order valence-electron chi connectivity index (χ1n) is 12.5. The first kappa shape index (κ1) is 28.2. The Hall–Kier alpha value is -2.82. The maximum absolute atomic E-state index is 12.9. The highest BCUT2D eigenvalue weighted by molar-refractivity contribution is 7.85. The normalized spacial score (nSPS) is 22.3. The number of hydrogen-bond acceptors (Lipinski definition) is 6. The standard InChI is InChI=1S/C29H34O7SSi/c1-20-16-17-25(37(32,33)34)23(18-20)26-24(36-27(30)29(26,5)31)19-35-38(28(2,3)4,21-12-8-6-9-13-21)22-14-10-7-11-15-22/h6-18,24,26,31H,19H2,1-5H3,(H,32,33,34)/t24-,26+,29+/m0/s1. The zero-order valence-electron chi connectivity index (χ0n) is 22.2. The summed E-state index contributed by atoms with van der Waals surface area (Å²) in [6.45, 7) is 9.33. The lowest BCUT2D eigenvalue weighted by molar-refractivity contribution is -0.154. The summed E-state index contributed by atoms with van der Waals surface area (Å²) in [7, 11) is -7.66. The molecule has 3 aromatic carbocycles. The highest BCUT2D eigenvalue weighted by Crippen LogP contribution is 2.44. The Kier molecular flexibility index (Phi) is 7.46. The molecule has 0 amide bonds. The zero-order valence-corrected chi connectivity index (χ0v) is 24.0. The van der Waals surface area contributed by atoms with Crippen molar-refractivity contribution in [3.63, 3.8) is 0 Å². The first-order chi connectivity index (χ1) is 17.7. The molecule has 0 spiro atoms. The molecular formula is C29H34O7SSi.